The Kier molecular flexibility index (Phi) is 6.28. The number of carbonyl (C=O) groups is 1. The maximum atomic E-state index is 12.9. The van der Waals surface area contributed by atoms with Gasteiger partial charge in [-0.05, 0) is 31.0 Å². The number of nitrogens with zero attached hydrogens (tertiary/aromatic N) is 2. The average Bonchev–Trinajstić information content (AvgIpc) is 2.69. The summed E-state index contributed by atoms with van der Waals surface area (Å²) in [6.45, 7) is 4.49. The fraction of sp³-hybridized carbons (Fsp3) is 0.450. The molecule has 2 heterocycles. The highest BCUT2D eigenvalue weighted by atomic mass is 32.2. The second-order valence-electron chi connectivity index (χ2n) is 6.52. The van der Waals surface area contributed by atoms with Crippen LogP contribution in [0.5, 0.6) is 11.5 Å². The van der Waals surface area contributed by atoms with Gasteiger partial charge in [-0.15, -0.1) is 0 Å². The van der Waals surface area contributed by atoms with E-state index in [1.165, 1.54) is 11.8 Å². The summed E-state index contributed by atoms with van der Waals surface area (Å²) in [6.07, 6.45) is 1.15. The molecule has 1 aromatic carbocycles. The van der Waals surface area contributed by atoms with E-state index in [-0.39, 0.29) is 23.8 Å². The molecule has 0 aliphatic carbocycles. The third-order valence-corrected chi connectivity index (χ3v) is 5.86. The van der Waals surface area contributed by atoms with Gasteiger partial charge in [-0.1, -0.05) is 24.8 Å². The fourth-order valence-electron chi connectivity index (χ4n) is 3.32. The molecule has 1 amide bonds. The van der Waals surface area contributed by atoms with Crippen LogP contribution in [0.15, 0.2) is 28.2 Å². The van der Waals surface area contributed by atoms with E-state index in [4.69, 9.17) is 9.47 Å². The van der Waals surface area contributed by atoms with Crippen LogP contribution in [0, 0.1) is 0 Å². The lowest BCUT2D eigenvalue weighted by molar-refractivity contribution is -0.116. The Bertz CT molecular complexity index is 942. The number of methoxy groups -OCH3 is 1. The van der Waals surface area contributed by atoms with Crippen LogP contribution >= 0.6 is 11.8 Å². The van der Waals surface area contributed by atoms with Crippen molar-refractivity contribution in [1.29, 1.82) is 0 Å². The van der Waals surface area contributed by atoms with Crippen molar-refractivity contribution in [2.24, 2.45) is 7.05 Å². The summed E-state index contributed by atoms with van der Waals surface area (Å²) in [6, 6.07) is 5.52. The summed E-state index contributed by atoms with van der Waals surface area (Å²) in [5, 5.41) is 3.47. The molecule has 1 aliphatic rings. The van der Waals surface area contributed by atoms with E-state index < -0.39 is 0 Å². The maximum absolute atomic E-state index is 12.9. The highest BCUT2D eigenvalue weighted by molar-refractivity contribution is 7.99. The topological polar surface area (TPSA) is 82.5 Å². The van der Waals surface area contributed by atoms with Crippen LogP contribution in [0.25, 0.3) is 0 Å². The third-order valence-electron chi connectivity index (χ3n) is 4.63. The first-order valence-corrected chi connectivity index (χ1v) is 10.3. The second kappa shape index (κ2) is 8.68. The Labute approximate surface area is 168 Å². The zero-order chi connectivity index (χ0) is 20.3. The minimum atomic E-state index is -0.384. The first-order valence-electron chi connectivity index (χ1n) is 9.34. The molecule has 28 heavy (non-hydrogen) atoms. The van der Waals surface area contributed by atoms with Crippen molar-refractivity contribution in [3.8, 4) is 11.5 Å². The first-order chi connectivity index (χ1) is 13.5. The van der Waals surface area contributed by atoms with E-state index in [0.717, 1.165) is 17.7 Å². The van der Waals surface area contributed by atoms with E-state index in [0.29, 0.717) is 34.6 Å². The smallest absolute Gasteiger partial charge is 0.279 e. The molecule has 0 spiro atoms. The van der Waals surface area contributed by atoms with E-state index >= 15 is 0 Å². The van der Waals surface area contributed by atoms with Crippen LogP contribution in [-0.2, 0) is 11.8 Å². The Morgan fingerprint density at radius 3 is 2.75 bits per heavy atom. The zero-order valence-electron chi connectivity index (χ0n) is 16.6. The van der Waals surface area contributed by atoms with Gasteiger partial charge in [0.15, 0.2) is 16.7 Å². The highest BCUT2D eigenvalue weighted by Crippen LogP contribution is 2.39. The summed E-state index contributed by atoms with van der Waals surface area (Å²) < 4.78 is 12.8. The largest absolute Gasteiger partial charge is 0.493 e. The van der Waals surface area contributed by atoms with Crippen LogP contribution in [0.3, 0.4) is 0 Å². The molecule has 1 aliphatic heterocycles. The van der Waals surface area contributed by atoms with Gasteiger partial charge in [-0.3, -0.25) is 9.59 Å². The van der Waals surface area contributed by atoms with Crippen LogP contribution in [0.1, 0.15) is 43.7 Å². The van der Waals surface area contributed by atoms with Crippen LogP contribution in [0.2, 0.25) is 0 Å². The van der Waals surface area contributed by atoms with Gasteiger partial charge in [0.25, 0.3) is 5.56 Å². The van der Waals surface area contributed by atoms with E-state index in [1.807, 2.05) is 32.2 Å². The number of thioether (sulfide) groups is 1. The lowest BCUT2D eigenvalue weighted by Gasteiger charge is -2.28. The predicted octanol–water partition coefficient (Wildman–Crippen LogP) is 3.16. The van der Waals surface area contributed by atoms with Crippen LogP contribution in [-0.4, -0.2) is 34.9 Å². The van der Waals surface area contributed by atoms with Gasteiger partial charge in [0.05, 0.1) is 19.3 Å². The number of nitrogens with one attached hydrogen (secondary N) is 1. The molecule has 0 saturated carbocycles. The summed E-state index contributed by atoms with van der Waals surface area (Å²) in [4.78, 5) is 29.6. The molecule has 0 fully saturated rings. The second-order valence-corrected chi connectivity index (χ2v) is 7.58. The third kappa shape index (κ3) is 3.87. The molecule has 0 bridgehead atoms. The zero-order valence-corrected chi connectivity index (χ0v) is 17.4. The van der Waals surface area contributed by atoms with Crippen molar-refractivity contribution in [1.82, 2.24) is 9.55 Å². The Morgan fingerprint density at radius 2 is 2.07 bits per heavy atom. The van der Waals surface area contributed by atoms with Gasteiger partial charge in [0.2, 0.25) is 5.91 Å². The normalized spacial score (nSPS) is 15.7. The molecular weight excluding hydrogens is 378 g/mol. The molecule has 8 heteroatoms. The minimum absolute atomic E-state index is 0.127. The number of benzene rings is 1. The lowest BCUT2D eigenvalue weighted by atomic mass is 9.86. The van der Waals surface area contributed by atoms with E-state index in [9.17, 15) is 9.59 Å². The molecule has 1 N–H and O–H groups in total. The monoisotopic (exact) mass is 403 g/mol. The Morgan fingerprint density at radius 1 is 1.29 bits per heavy atom. The Balaban J connectivity index is 2.10. The SMILES string of the molecule is CCCSc1nc(=O)c2c(n1C)NC(=O)CC2c1ccc(OCC)c(OC)c1. The molecule has 1 unspecified atom stereocenters. The minimum Gasteiger partial charge on any atom is -0.493 e. The maximum Gasteiger partial charge on any atom is 0.279 e. The van der Waals surface area contributed by atoms with Crippen molar-refractivity contribution >= 4 is 23.5 Å². The van der Waals surface area contributed by atoms with Crippen molar-refractivity contribution in [3.05, 3.63) is 39.7 Å². The van der Waals surface area contributed by atoms with E-state index in [2.05, 4.69) is 17.2 Å². The molecule has 1 atom stereocenters. The summed E-state index contributed by atoms with van der Waals surface area (Å²) in [5.74, 6) is 2.07. The fourth-order valence-corrected chi connectivity index (χ4v) is 4.14. The quantitative estimate of drug-likeness (QED) is 0.565. The Hall–Kier alpha value is -2.48. The van der Waals surface area contributed by atoms with Crippen molar-refractivity contribution in [2.75, 3.05) is 24.8 Å². The van der Waals surface area contributed by atoms with Gasteiger partial charge in [0.1, 0.15) is 5.82 Å². The number of aromatic nitrogens is 2. The van der Waals surface area contributed by atoms with Crippen molar-refractivity contribution < 1.29 is 14.3 Å². The number of ether oxygens (including phenoxy) is 2. The predicted molar refractivity (Wildman–Crippen MR) is 110 cm³/mol. The number of amides is 1. The highest BCUT2D eigenvalue weighted by Gasteiger charge is 2.32. The van der Waals surface area contributed by atoms with Crippen LogP contribution in [0.4, 0.5) is 5.82 Å². The molecule has 3 rings (SSSR count). The summed E-state index contributed by atoms with van der Waals surface area (Å²) in [7, 11) is 3.39. The van der Waals surface area contributed by atoms with Gasteiger partial charge in [0, 0.05) is 25.1 Å². The van der Waals surface area contributed by atoms with E-state index in [1.54, 1.807) is 11.7 Å². The molecule has 1 aromatic heterocycles. The number of anilines is 1. The van der Waals surface area contributed by atoms with Crippen molar-refractivity contribution in [3.63, 3.8) is 0 Å². The number of carbonyl (C=O) groups excluding carboxylic acids is 1. The first kappa shape index (κ1) is 20.3. The van der Waals surface area contributed by atoms with Gasteiger partial charge in [-0.2, -0.15) is 4.98 Å². The molecule has 0 saturated heterocycles. The van der Waals surface area contributed by atoms with Gasteiger partial charge in [-0.25, -0.2) is 0 Å². The average molecular weight is 404 g/mol. The standard InChI is InChI=1S/C20H25N3O4S/c1-5-9-28-20-22-19(25)17-13(11-16(24)21-18(17)23(20)3)12-7-8-14(27-6-2)15(10-12)26-4/h7-8,10,13H,5-6,9,11H2,1-4H3,(H,21,24). The molecule has 2 aromatic rings. The molecule has 7 nitrogen and oxygen atoms in total. The van der Waals surface area contributed by atoms with Crippen molar-refractivity contribution in [2.45, 2.75) is 37.8 Å². The number of hydrogen-bond acceptors (Lipinski definition) is 6. The lowest BCUT2D eigenvalue weighted by Crippen LogP contribution is -2.33. The molecule has 0 radical (unpaired) electrons. The number of fused-ring (bicyclic) bond motifs is 1. The summed E-state index contributed by atoms with van der Waals surface area (Å²) in [5.41, 5.74) is 1.03. The molecular formula is C20H25N3O4S. The number of rotatable bonds is 7. The van der Waals surface area contributed by atoms with Gasteiger partial charge < -0.3 is 19.4 Å². The van der Waals surface area contributed by atoms with Crippen LogP contribution < -0.4 is 20.3 Å². The number of hydrogen-bond donors (Lipinski definition) is 1. The molecule has 150 valence electrons. The van der Waals surface area contributed by atoms with Gasteiger partial charge >= 0.3 is 0 Å². The summed E-state index contributed by atoms with van der Waals surface area (Å²) >= 11 is 1.51.